The highest BCUT2D eigenvalue weighted by atomic mass is 79.9. The lowest BCUT2D eigenvalue weighted by molar-refractivity contribution is 0.0950. The minimum atomic E-state index is -0.185. The molecule has 0 saturated heterocycles. The summed E-state index contributed by atoms with van der Waals surface area (Å²) in [5.41, 5.74) is 3.87. The van der Waals surface area contributed by atoms with Crippen LogP contribution >= 0.6 is 15.9 Å². The van der Waals surface area contributed by atoms with Gasteiger partial charge in [0.1, 0.15) is 11.3 Å². The Hall–Kier alpha value is -3.12. The molecule has 146 valence electrons. The molecule has 1 aromatic heterocycles. The van der Waals surface area contributed by atoms with Crippen molar-refractivity contribution < 1.29 is 13.9 Å². The molecule has 0 atom stereocenters. The Bertz CT molecular complexity index is 1160. The molecule has 0 aliphatic carbocycles. The molecule has 0 spiro atoms. The van der Waals surface area contributed by atoms with Gasteiger partial charge >= 0.3 is 0 Å². The Kier molecular flexibility index (Phi) is 5.62. The van der Waals surface area contributed by atoms with E-state index >= 15 is 0 Å². The molecule has 5 nitrogen and oxygen atoms in total. The third-order valence-corrected chi connectivity index (χ3v) is 5.07. The lowest BCUT2D eigenvalue weighted by Crippen LogP contribution is -2.23. The highest BCUT2D eigenvalue weighted by Gasteiger charge is 2.12. The summed E-state index contributed by atoms with van der Waals surface area (Å²) >= 11 is 3.44. The van der Waals surface area contributed by atoms with Gasteiger partial charge in [0.15, 0.2) is 11.5 Å². The number of aromatic nitrogens is 1. The number of halogens is 1. The van der Waals surface area contributed by atoms with Crippen LogP contribution in [0, 0.1) is 0 Å². The fourth-order valence-electron chi connectivity index (χ4n) is 3.12. The van der Waals surface area contributed by atoms with E-state index < -0.39 is 0 Å². The van der Waals surface area contributed by atoms with Crippen LogP contribution in [-0.2, 0) is 13.0 Å². The number of methoxy groups -OCH3 is 1. The van der Waals surface area contributed by atoms with Crippen molar-refractivity contribution in [1.29, 1.82) is 0 Å². The van der Waals surface area contributed by atoms with Gasteiger partial charge in [-0.05, 0) is 42.0 Å². The topological polar surface area (TPSA) is 64.4 Å². The molecule has 1 N–H and O–H groups in total. The number of hydrogen-bond donors (Lipinski definition) is 1. The highest BCUT2D eigenvalue weighted by Crippen LogP contribution is 2.23. The summed E-state index contributed by atoms with van der Waals surface area (Å²) in [5, 5.41) is 2.93. The maximum Gasteiger partial charge on any atom is 0.251 e. The molecule has 4 aromatic rings. The third kappa shape index (κ3) is 4.49. The second-order valence-corrected chi connectivity index (χ2v) is 7.51. The summed E-state index contributed by atoms with van der Waals surface area (Å²) in [4.78, 5) is 17.1. The van der Waals surface area contributed by atoms with Crippen LogP contribution < -0.4 is 10.1 Å². The van der Waals surface area contributed by atoms with E-state index in [0.29, 0.717) is 30.0 Å². The molecular weight excluding hydrogens is 432 g/mol. The van der Waals surface area contributed by atoms with Crippen LogP contribution in [0.3, 0.4) is 0 Å². The van der Waals surface area contributed by atoms with Crippen LogP contribution in [0.2, 0.25) is 0 Å². The zero-order chi connectivity index (χ0) is 20.2. The first-order valence-electron chi connectivity index (χ1n) is 9.16. The van der Waals surface area contributed by atoms with Crippen LogP contribution in [0.5, 0.6) is 5.75 Å². The van der Waals surface area contributed by atoms with Gasteiger partial charge in [-0.1, -0.05) is 46.3 Å². The first kappa shape index (κ1) is 19.2. The number of nitrogens with zero attached hydrogens (tertiary/aromatic N) is 1. The number of hydrogen-bond acceptors (Lipinski definition) is 4. The summed E-state index contributed by atoms with van der Waals surface area (Å²) in [7, 11) is 1.61. The summed E-state index contributed by atoms with van der Waals surface area (Å²) in [5.74, 6) is 1.17. The number of fused-ring (bicyclic) bond motifs is 1. The number of amides is 1. The Labute approximate surface area is 176 Å². The van der Waals surface area contributed by atoms with Crippen molar-refractivity contribution in [1.82, 2.24) is 10.3 Å². The van der Waals surface area contributed by atoms with Crippen molar-refractivity contribution >= 4 is 32.9 Å². The Morgan fingerprint density at radius 3 is 2.72 bits per heavy atom. The third-order valence-electron chi connectivity index (χ3n) is 4.57. The molecule has 1 heterocycles. The van der Waals surface area contributed by atoms with Gasteiger partial charge in [-0.15, -0.1) is 0 Å². The van der Waals surface area contributed by atoms with Gasteiger partial charge in [-0.25, -0.2) is 4.98 Å². The van der Waals surface area contributed by atoms with Crippen LogP contribution in [-0.4, -0.2) is 18.0 Å². The van der Waals surface area contributed by atoms with Crippen molar-refractivity contribution in [3.05, 3.63) is 93.8 Å². The van der Waals surface area contributed by atoms with E-state index in [9.17, 15) is 4.79 Å². The minimum absolute atomic E-state index is 0.185. The number of oxazole rings is 1. The molecular formula is C23H19BrN2O3. The quantitative estimate of drug-likeness (QED) is 0.442. The Morgan fingerprint density at radius 2 is 1.93 bits per heavy atom. The van der Waals surface area contributed by atoms with E-state index in [-0.39, 0.29) is 5.91 Å². The van der Waals surface area contributed by atoms with Crippen LogP contribution in [0.25, 0.3) is 11.1 Å². The maximum absolute atomic E-state index is 12.6. The van der Waals surface area contributed by atoms with E-state index in [1.54, 1.807) is 19.2 Å². The van der Waals surface area contributed by atoms with Crippen LogP contribution in [0.4, 0.5) is 0 Å². The lowest BCUT2D eigenvalue weighted by Gasteiger charge is -2.10. The summed E-state index contributed by atoms with van der Waals surface area (Å²) < 4.78 is 12.1. The molecule has 0 fully saturated rings. The molecule has 0 saturated carbocycles. The summed E-state index contributed by atoms with van der Waals surface area (Å²) in [6, 6.07) is 21.0. The van der Waals surface area contributed by atoms with E-state index in [1.165, 1.54) is 0 Å². The van der Waals surface area contributed by atoms with Crippen LogP contribution in [0.15, 0.2) is 75.6 Å². The van der Waals surface area contributed by atoms with Crippen molar-refractivity contribution in [2.45, 2.75) is 13.0 Å². The Morgan fingerprint density at radius 1 is 1.10 bits per heavy atom. The van der Waals surface area contributed by atoms with Crippen molar-refractivity contribution in [3.63, 3.8) is 0 Å². The van der Waals surface area contributed by atoms with Gasteiger partial charge in [-0.3, -0.25) is 4.79 Å². The summed E-state index contributed by atoms with van der Waals surface area (Å²) in [6.45, 7) is 0.356. The summed E-state index contributed by atoms with van der Waals surface area (Å²) in [6.07, 6.45) is 0.611. The van der Waals surface area contributed by atoms with Crippen LogP contribution in [0.1, 0.15) is 27.4 Å². The molecule has 6 heteroatoms. The number of nitrogens with one attached hydrogen (secondary N) is 1. The van der Waals surface area contributed by atoms with Gasteiger partial charge in [0.25, 0.3) is 5.91 Å². The van der Waals surface area contributed by atoms with Gasteiger partial charge in [0, 0.05) is 28.6 Å². The number of ether oxygens (including phenoxy) is 1. The lowest BCUT2D eigenvalue weighted by atomic mass is 10.1. The predicted molar refractivity (Wildman–Crippen MR) is 115 cm³/mol. The number of carbonyl (C=O) groups excluding carboxylic acids is 1. The second kappa shape index (κ2) is 8.49. The number of rotatable bonds is 6. The van der Waals surface area contributed by atoms with Gasteiger partial charge in [0.2, 0.25) is 0 Å². The number of carbonyl (C=O) groups is 1. The monoisotopic (exact) mass is 450 g/mol. The molecule has 4 rings (SSSR count). The predicted octanol–water partition coefficient (Wildman–Crippen LogP) is 5.12. The smallest absolute Gasteiger partial charge is 0.251 e. The van der Waals surface area contributed by atoms with Gasteiger partial charge in [0.05, 0.1) is 7.11 Å². The van der Waals surface area contributed by atoms with Crippen molar-refractivity contribution in [2.75, 3.05) is 7.11 Å². The average Bonchev–Trinajstić information content (AvgIpc) is 3.14. The molecule has 3 aromatic carbocycles. The maximum atomic E-state index is 12.6. The molecule has 0 aliphatic heterocycles. The molecule has 29 heavy (non-hydrogen) atoms. The van der Waals surface area contributed by atoms with E-state index in [2.05, 4.69) is 26.2 Å². The van der Waals surface area contributed by atoms with Crippen molar-refractivity contribution in [3.8, 4) is 5.75 Å². The zero-order valence-corrected chi connectivity index (χ0v) is 17.4. The van der Waals surface area contributed by atoms with Gasteiger partial charge < -0.3 is 14.5 Å². The second-order valence-electron chi connectivity index (χ2n) is 6.59. The minimum Gasteiger partial charge on any atom is -0.496 e. The SMILES string of the molecule is COc1ccc(Br)cc1CNC(=O)c1ccc2nc(Cc3ccccc3)oc2c1. The van der Waals surface area contributed by atoms with Crippen molar-refractivity contribution in [2.24, 2.45) is 0 Å². The normalized spacial score (nSPS) is 10.8. The zero-order valence-electron chi connectivity index (χ0n) is 15.8. The fourth-order valence-corrected chi connectivity index (χ4v) is 3.53. The molecule has 0 aliphatic rings. The van der Waals surface area contributed by atoms with Gasteiger partial charge in [-0.2, -0.15) is 0 Å². The molecule has 0 bridgehead atoms. The average molecular weight is 451 g/mol. The van der Waals surface area contributed by atoms with E-state index in [4.69, 9.17) is 9.15 Å². The molecule has 0 unspecified atom stereocenters. The first-order chi connectivity index (χ1) is 14.1. The number of benzene rings is 3. The van der Waals surface area contributed by atoms with E-state index in [1.807, 2.05) is 54.6 Å². The largest absolute Gasteiger partial charge is 0.496 e. The van der Waals surface area contributed by atoms with E-state index in [0.717, 1.165) is 26.9 Å². The Balaban J connectivity index is 1.49. The highest BCUT2D eigenvalue weighted by molar-refractivity contribution is 9.10. The molecule has 1 amide bonds. The molecule has 0 radical (unpaired) electrons. The fraction of sp³-hybridized carbons (Fsp3) is 0.130. The first-order valence-corrected chi connectivity index (χ1v) is 9.95. The standard InChI is InChI=1S/C23H19BrN2O3/c1-28-20-10-8-18(24)12-17(20)14-25-23(27)16-7-9-19-21(13-16)29-22(26-19)11-15-5-3-2-4-6-15/h2-10,12-13H,11,14H2,1H3,(H,25,27).